The van der Waals surface area contributed by atoms with Crippen molar-refractivity contribution in [1.82, 2.24) is 5.32 Å². The van der Waals surface area contributed by atoms with E-state index in [9.17, 15) is 5.11 Å². The second-order valence-electron chi connectivity index (χ2n) is 5.93. The lowest BCUT2D eigenvalue weighted by Crippen LogP contribution is -2.34. The van der Waals surface area contributed by atoms with E-state index < -0.39 is 0 Å². The largest absolute Gasteiger partial charge is 0.459 e. The molecule has 1 aliphatic rings. The predicted molar refractivity (Wildman–Crippen MR) is 80.7 cm³/mol. The van der Waals surface area contributed by atoms with Gasteiger partial charge in [0.1, 0.15) is 11.3 Å². The summed E-state index contributed by atoms with van der Waals surface area (Å²) in [6.07, 6.45) is 3.39. The number of aryl methyl sites for hydroxylation is 1. The molecule has 2 N–H and O–H groups in total. The molecular formula is C17H23NO2. The molecule has 3 rings (SSSR count). The summed E-state index contributed by atoms with van der Waals surface area (Å²) in [4.78, 5) is 0. The Labute approximate surface area is 120 Å². The molecule has 0 amide bonds. The summed E-state index contributed by atoms with van der Waals surface area (Å²) in [5.41, 5.74) is 2.18. The van der Waals surface area contributed by atoms with Crippen LogP contribution in [-0.4, -0.2) is 17.8 Å². The fraction of sp³-hybridized carbons (Fsp3) is 0.529. The third-order valence-corrected chi connectivity index (χ3v) is 4.37. The molecule has 1 fully saturated rings. The number of hydrogen-bond acceptors (Lipinski definition) is 3. The van der Waals surface area contributed by atoms with Crippen molar-refractivity contribution >= 4 is 11.0 Å². The first-order valence-corrected chi connectivity index (χ1v) is 7.55. The number of aliphatic hydroxyl groups excluding tert-OH is 1. The standard InChI is InChI=1S/C17H23NO2/c1-11-14-5-3-4-6-16(14)20-17(11)12(2)18-15(9-10-19)13-7-8-13/h3-6,12-13,15,18-19H,7-10H2,1-2H3. The van der Waals surface area contributed by atoms with Crippen molar-refractivity contribution in [3.05, 3.63) is 35.6 Å². The molecule has 1 aliphatic carbocycles. The van der Waals surface area contributed by atoms with E-state index in [-0.39, 0.29) is 12.6 Å². The minimum atomic E-state index is 0.180. The normalized spacial score (nSPS) is 18.4. The Hall–Kier alpha value is -1.32. The lowest BCUT2D eigenvalue weighted by atomic mass is 10.1. The SMILES string of the molecule is Cc1c(C(C)NC(CCO)C2CC2)oc2ccccc12. The molecule has 1 aromatic carbocycles. The third kappa shape index (κ3) is 2.60. The Balaban J connectivity index is 1.80. The maximum absolute atomic E-state index is 9.20. The van der Waals surface area contributed by atoms with Gasteiger partial charge >= 0.3 is 0 Å². The summed E-state index contributed by atoms with van der Waals surface area (Å²) in [6.45, 7) is 4.52. The van der Waals surface area contributed by atoms with Gasteiger partial charge in [-0.15, -0.1) is 0 Å². The summed E-state index contributed by atoms with van der Waals surface area (Å²) < 4.78 is 6.01. The molecule has 20 heavy (non-hydrogen) atoms. The van der Waals surface area contributed by atoms with Crippen LogP contribution >= 0.6 is 0 Å². The summed E-state index contributed by atoms with van der Waals surface area (Å²) >= 11 is 0. The topological polar surface area (TPSA) is 45.4 Å². The molecule has 0 saturated heterocycles. The van der Waals surface area contributed by atoms with Gasteiger partial charge in [-0.1, -0.05) is 18.2 Å². The van der Waals surface area contributed by atoms with Crippen LogP contribution in [0, 0.1) is 12.8 Å². The van der Waals surface area contributed by atoms with Gasteiger partial charge in [0.25, 0.3) is 0 Å². The number of furan rings is 1. The van der Waals surface area contributed by atoms with Gasteiger partial charge in [-0.05, 0) is 50.7 Å². The molecule has 0 bridgehead atoms. The van der Waals surface area contributed by atoms with Crippen LogP contribution in [0.25, 0.3) is 11.0 Å². The molecule has 2 unspecified atom stereocenters. The number of rotatable bonds is 6. The van der Waals surface area contributed by atoms with Crippen LogP contribution in [0.1, 0.15) is 43.6 Å². The molecule has 2 aromatic rings. The Morgan fingerprint density at radius 1 is 1.35 bits per heavy atom. The number of nitrogens with one attached hydrogen (secondary N) is 1. The fourth-order valence-electron chi connectivity index (χ4n) is 3.10. The van der Waals surface area contributed by atoms with Gasteiger partial charge in [0.05, 0.1) is 6.04 Å². The molecule has 0 radical (unpaired) electrons. The van der Waals surface area contributed by atoms with Crippen LogP contribution in [0.2, 0.25) is 0 Å². The van der Waals surface area contributed by atoms with Gasteiger partial charge in [0.15, 0.2) is 0 Å². The summed E-state index contributed by atoms with van der Waals surface area (Å²) in [7, 11) is 0. The highest BCUT2D eigenvalue weighted by molar-refractivity contribution is 5.82. The highest BCUT2D eigenvalue weighted by atomic mass is 16.3. The van der Waals surface area contributed by atoms with Crippen LogP contribution in [0.4, 0.5) is 0 Å². The third-order valence-electron chi connectivity index (χ3n) is 4.37. The second-order valence-corrected chi connectivity index (χ2v) is 5.93. The van der Waals surface area contributed by atoms with Crippen molar-refractivity contribution < 1.29 is 9.52 Å². The average Bonchev–Trinajstić information content (AvgIpc) is 3.24. The molecule has 1 heterocycles. The second kappa shape index (κ2) is 5.58. The van der Waals surface area contributed by atoms with E-state index >= 15 is 0 Å². The van der Waals surface area contributed by atoms with Crippen molar-refractivity contribution in [2.75, 3.05) is 6.61 Å². The highest BCUT2D eigenvalue weighted by Crippen LogP contribution is 2.36. The molecule has 0 spiro atoms. The van der Waals surface area contributed by atoms with Crippen molar-refractivity contribution in [2.45, 2.75) is 45.2 Å². The number of benzene rings is 1. The molecule has 0 aliphatic heterocycles. The summed E-state index contributed by atoms with van der Waals surface area (Å²) in [5.74, 6) is 1.75. The van der Waals surface area contributed by atoms with E-state index in [0.717, 1.165) is 23.7 Å². The number of hydrogen-bond donors (Lipinski definition) is 2. The van der Waals surface area contributed by atoms with E-state index in [2.05, 4.69) is 25.2 Å². The van der Waals surface area contributed by atoms with Crippen molar-refractivity contribution in [1.29, 1.82) is 0 Å². The van der Waals surface area contributed by atoms with Crippen molar-refractivity contribution in [2.24, 2.45) is 5.92 Å². The predicted octanol–water partition coefficient (Wildman–Crippen LogP) is 3.55. The number of aliphatic hydroxyl groups is 1. The average molecular weight is 273 g/mol. The zero-order chi connectivity index (χ0) is 14.1. The fourth-order valence-corrected chi connectivity index (χ4v) is 3.10. The zero-order valence-corrected chi connectivity index (χ0v) is 12.2. The molecular weight excluding hydrogens is 250 g/mol. The van der Waals surface area contributed by atoms with Gasteiger partial charge < -0.3 is 14.8 Å². The maximum atomic E-state index is 9.20. The van der Waals surface area contributed by atoms with E-state index in [0.29, 0.717) is 6.04 Å². The zero-order valence-electron chi connectivity index (χ0n) is 12.2. The van der Waals surface area contributed by atoms with Crippen LogP contribution in [0.3, 0.4) is 0 Å². The maximum Gasteiger partial charge on any atom is 0.134 e. The monoisotopic (exact) mass is 273 g/mol. The minimum absolute atomic E-state index is 0.180. The first-order valence-electron chi connectivity index (χ1n) is 7.55. The number of para-hydroxylation sites is 1. The molecule has 1 saturated carbocycles. The molecule has 1 aromatic heterocycles. The number of fused-ring (bicyclic) bond motifs is 1. The van der Waals surface area contributed by atoms with E-state index in [1.807, 2.05) is 18.2 Å². The minimum Gasteiger partial charge on any atom is -0.459 e. The van der Waals surface area contributed by atoms with Crippen LogP contribution in [0.15, 0.2) is 28.7 Å². The Morgan fingerprint density at radius 2 is 2.10 bits per heavy atom. The smallest absolute Gasteiger partial charge is 0.134 e. The van der Waals surface area contributed by atoms with E-state index in [1.165, 1.54) is 23.8 Å². The lowest BCUT2D eigenvalue weighted by Gasteiger charge is -2.22. The van der Waals surface area contributed by atoms with Gasteiger partial charge in [-0.3, -0.25) is 0 Å². The van der Waals surface area contributed by atoms with Crippen LogP contribution in [0.5, 0.6) is 0 Å². The van der Waals surface area contributed by atoms with Gasteiger partial charge in [-0.25, -0.2) is 0 Å². The Kier molecular flexibility index (Phi) is 3.81. The molecule has 3 heteroatoms. The lowest BCUT2D eigenvalue weighted by molar-refractivity contribution is 0.246. The highest BCUT2D eigenvalue weighted by Gasteiger charge is 2.32. The molecule has 2 atom stereocenters. The van der Waals surface area contributed by atoms with Gasteiger partial charge in [-0.2, -0.15) is 0 Å². The summed E-state index contributed by atoms with van der Waals surface area (Å²) in [5, 5.41) is 14.0. The quantitative estimate of drug-likeness (QED) is 0.846. The van der Waals surface area contributed by atoms with E-state index in [1.54, 1.807) is 0 Å². The Bertz CT molecular complexity index is 586. The molecule has 108 valence electrons. The van der Waals surface area contributed by atoms with Crippen LogP contribution < -0.4 is 5.32 Å². The first-order chi connectivity index (χ1) is 9.70. The summed E-state index contributed by atoms with van der Waals surface area (Å²) in [6, 6.07) is 8.76. The van der Waals surface area contributed by atoms with Gasteiger partial charge in [0, 0.05) is 18.0 Å². The molecule has 3 nitrogen and oxygen atoms in total. The van der Waals surface area contributed by atoms with E-state index in [4.69, 9.17) is 4.42 Å². The van der Waals surface area contributed by atoms with Crippen molar-refractivity contribution in [3.63, 3.8) is 0 Å². The van der Waals surface area contributed by atoms with Crippen LogP contribution in [-0.2, 0) is 0 Å². The van der Waals surface area contributed by atoms with Crippen molar-refractivity contribution in [3.8, 4) is 0 Å². The van der Waals surface area contributed by atoms with Gasteiger partial charge in [0.2, 0.25) is 0 Å². The Morgan fingerprint density at radius 3 is 2.75 bits per heavy atom. The first kappa shape index (κ1) is 13.7.